The van der Waals surface area contributed by atoms with Crippen molar-refractivity contribution in [3.05, 3.63) is 63.3 Å². The Morgan fingerprint density at radius 1 is 1.23 bits per heavy atom. The highest BCUT2D eigenvalue weighted by Crippen LogP contribution is 2.52. The summed E-state index contributed by atoms with van der Waals surface area (Å²) in [6, 6.07) is 5.70. The van der Waals surface area contributed by atoms with E-state index in [4.69, 9.17) is 4.74 Å². The van der Waals surface area contributed by atoms with Gasteiger partial charge in [0.15, 0.2) is 0 Å². The Bertz CT molecular complexity index is 1320. The van der Waals surface area contributed by atoms with Crippen molar-refractivity contribution >= 4 is 16.7 Å². The molecule has 1 aliphatic heterocycles. The molecule has 1 saturated heterocycles. The van der Waals surface area contributed by atoms with E-state index in [1.807, 2.05) is 6.20 Å². The molecule has 184 valence electrons. The van der Waals surface area contributed by atoms with E-state index in [-0.39, 0.29) is 23.2 Å². The molecule has 2 fully saturated rings. The standard InChI is InChI=1S/C24H25F3N4O2.C2H2/c1-14-16(4-3-5-19(14)24(25,26)27)11-28-22-18-12-31(21(32)10-20(18)29-15(2)30-22)23(7-8-23)17-6-9-33-13-17;1-2/h3-5,10,12,17H,6-9,11,13H2,1-2H3,(H,28,29,30);1-2H. The lowest BCUT2D eigenvalue weighted by Crippen LogP contribution is -2.36. The summed E-state index contributed by atoms with van der Waals surface area (Å²) in [7, 11) is 0. The zero-order valence-corrected chi connectivity index (χ0v) is 19.7. The van der Waals surface area contributed by atoms with Gasteiger partial charge in [-0.1, -0.05) is 12.1 Å². The minimum Gasteiger partial charge on any atom is -0.381 e. The van der Waals surface area contributed by atoms with Gasteiger partial charge >= 0.3 is 6.18 Å². The summed E-state index contributed by atoms with van der Waals surface area (Å²) in [5.74, 6) is 1.28. The second-order valence-electron chi connectivity index (χ2n) is 9.01. The van der Waals surface area contributed by atoms with E-state index in [1.54, 1.807) is 17.6 Å². The maximum atomic E-state index is 13.3. The number of halogens is 3. The van der Waals surface area contributed by atoms with Gasteiger partial charge in [0.05, 0.1) is 28.6 Å². The predicted molar refractivity (Wildman–Crippen MR) is 128 cm³/mol. The average Bonchev–Trinajstić information content (AvgIpc) is 3.42. The molecule has 0 bridgehead atoms. The van der Waals surface area contributed by atoms with Crippen LogP contribution in [0.15, 0.2) is 35.3 Å². The van der Waals surface area contributed by atoms with Crippen LogP contribution in [-0.2, 0) is 23.0 Å². The van der Waals surface area contributed by atoms with Crippen LogP contribution in [0, 0.1) is 32.6 Å². The molecule has 3 aromatic rings. The molecule has 1 aliphatic carbocycles. The number of fused-ring (bicyclic) bond motifs is 1. The van der Waals surface area contributed by atoms with E-state index >= 15 is 0 Å². The van der Waals surface area contributed by atoms with Gasteiger partial charge in [-0.15, -0.1) is 12.8 Å². The highest BCUT2D eigenvalue weighted by atomic mass is 19.4. The van der Waals surface area contributed by atoms with Gasteiger partial charge in [-0.3, -0.25) is 4.79 Å². The van der Waals surface area contributed by atoms with Gasteiger partial charge in [-0.2, -0.15) is 13.2 Å². The third-order valence-corrected chi connectivity index (χ3v) is 6.97. The van der Waals surface area contributed by atoms with E-state index in [0.717, 1.165) is 25.3 Å². The molecule has 0 radical (unpaired) electrons. The summed E-state index contributed by atoms with van der Waals surface area (Å²) in [5.41, 5.74) is 0.248. The number of terminal acetylenes is 1. The Balaban J connectivity index is 0.00000141. The van der Waals surface area contributed by atoms with Crippen LogP contribution in [-0.4, -0.2) is 27.7 Å². The number of nitrogens with one attached hydrogen (secondary N) is 1. The Labute approximate surface area is 201 Å². The highest BCUT2D eigenvalue weighted by molar-refractivity contribution is 5.88. The molecule has 35 heavy (non-hydrogen) atoms. The molecular weight excluding hydrogens is 457 g/mol. The molecule has 0 amide bonds. The van der Waals surface area contributed by atoms with Gasteiger partial charge in [0.1, 0.15) is 11.6 Å². The molecule has 1 aromatic carbocycles. The number of ether oxygens (including phenoxy) is 1. The van der Waals surface area contributed by atoms with Gasteiger partial charge in [-0.25, -0.2) is 9.97 Å². The molecule has 0 spiro atoms. The van der Waals surface area contributed by atoms with Crippen molar-refractivity contribution in [3.8, 4) is 12.8 Å². The first-order valence-electron chi connectivity index (χ1n) is 11.4. The number of aromatic nitrogens is 3. The quantitative estimate of drug-likeness (QED) is 0.526. The topological polar surface area (TPSA) is 69.0 Å². The number of hydrogen-bond donors (Lipinski definition) is 1. The first-order chi connectivity index (χ1) is 16.7. The third kappa shape index (κ3) is 4.63. The largest absolute Gasteiger partial charge is 0.416 e. The van der Waals surface area contributed by atoms with Crippen LogP contribution >= 0.6 is 0 Å². The van der Waals surface area contributed by atoms with E-state index in [9.17, 15) is 18.0 Å². The predicted octanol–water partition coefficient (Wildman–Crippen LogP) is 4.81. The normalized spacial score (nSPS) is 18.7. The fourth-order valence-electron chi connectivity index (χ4n) is 5.00. The fraction of sp³-hybridized carbons (Fsp3) is 0.423. The number of pyridine rings is 1. The van der Waals surface area contributed by atoms with Crippen LogP contribution in [0.3, 0.4) is 0 Å². The lowest BCUT2D eigenvalue weighted by atomic mass is 9.96. The summed E-state index contributed by atoms with van der Waals surface area (Å²) in [6.07, 6.45) is 8.17. The van der Waals surface area contributed by atoms with Gasteiger partial charge < -0.3 is 14.6 Å². The van der Waals surface area contributed by atoms with Crippen molar-refractivity contribution in [1.82, 2.24) is 14.5 Å². The molecule has 1 N–H and O–H groups in total. The molecule has 2 aliphatic rings. The van der Waals surface area contributed by atoms with E-state index < -0.39 is 11.7 Å². The van der Waals surface area contributed by atoms with Crippen molar-refractivity contribution < 1.29 is 17.9 Å². The number of nitrogens with zero attached hydrogens (tertiary/aromatic N) is 3. The van der Waals surface area contributed by atoms with E-state index in [1.165, 1.54) is 19.1 Å². The number of anilines is 1. The van der Waals surface area contributed by atoms with Gasteiger partial charge in [0, 0.05) is 31.3 Å². The minimum absolute atomic E-state index is 0.107. The fourth-order valence-corrected chi connectivity index (χ4v) is 5.00. The van der Waals surface area contributed by atoms with Gasteiger partial charge in [0.2, 0.25) is 0 Å². The lowest BCUT2D eigenvalue weighted by molar-refractivity contribution is -0.138. The SMILES string of the molecule is C#C.Cc1nc(NCc2cccc(C(F)(F)F)c2C)c2cn(C3(C4CCOC4)CC3)c(=O)cc2n1. The summed E-state index contributed by atoms with van der Waals surface area (Å²) >= 11 is 0. The second kappa shape index (κ2) is 9.34. The first kappa shape index (κ1) is 24.7. The molecule has 3 heterocycles. The molecular formula is C26H27F3N4O2. The Morgan fingerprint density at radius 2 is 1.97 bits per heavy atom. The number of benzene rings is 1. The summed E-state index contributed by atoms with van der Waals surface area (Å²) in [4.78, 5) is 21.9. The molecule has 1 unspecified atom stereocenters. The summed E-state index contributed by atoms with van der Waals surface area (Å²) in [6.45, 7) is 4.72. The monoisotopic (exact) mass is 484 g/mol. The lowest BCUT2D eigenvalue weighted by Gasteiger charge is -2.25. The molecule has 9 heteroatoms. The number of rotatable bonds is 5. The van der Waals surface area contributed by atoms with Crippen molar-refractivity contribution in [2.24, 2.45) is 5.92 Å². The van der Waals surface area contributed by atoms with Crippen molar-refractivity contribution in [2.45, 2.75) is 51.4 Å². The Kier molecular flexibility index (Phi) is 6.60. The smallest absolute Gasteiger partial charge is 0.381 e. The zero-order valence-electron chi connectivity index (χ0n) is 19.7. The number of alkyl halides is 3. The number of hydrogen-bond acceptors (Lipinski definition) is 5. The van der Waals surface area contributed by atoms with Crippen LogP contribution in [0.4, 0.5) is 19.0 Å². The Hall–Kier alpha value is -3.38. The Morgan fingerprint density at radius 3 is 2.60 bits per heavy atom. The van der Waals surface area contributed by atoms with Crippen LogP contribution < -0.4 is 10.9 Å². The maximum Gasteiger partial charge on any atom is 0.416 e. The van der Waals surface area contributed by atoms with Crippen molar-refractivity contribution in [3.63, 3.8) is 0 Å². The van der Waals surface area contributed by atoms with Crippen LogP contribution in [0.2, 0.25) is 0 Å². The zero-order chi connectivity index (χ0) is 25.4. The third-order valence-electron chi connectivity index (χ3n) is 6.97. The maximum absolute atomic E-state index is 13.3. The van der Waals surface area contributed by atoms with Crippen LogP contribution in [0.5, 0.6) is 0 Å². The van der Waals surface area contributed by atoms with E-state index in [2.05, 4.69) is 28.1 Å². The molecule has 6 nitrogen and oxygen atoms in total. The van der Waals surface area contributed by atoms with Crippen LogP contribution in [0.1, 0.15) is 41.8 Å². The minimum atomic E-state index is -4.41. The second-order valence-corrected chi connectivity index (χ2v) is 9.01. The average molecular weight is 485 g/mol. The highest BCUT2D eigenvalue weighted by Gasteiger charge is 2.52. The molecule has 1 atom stereocenters. The molecule has 1 saturated carbocycles. The molecule has 2 aromatic heterocycles. The first-order valence-corrected chi connectivity index (χ1v) is 11.4. The van der Waals surface area contributed by atoms with Crippen molar-refractivity contribution in [1.29, 1.82) is 0 Å². The molecule has 5 rings (SSSR count). The number of aryl methyl sites for hydroxylation is 1. The van der Waals surface area contributed by atoms with Gasteiger partial charge in [0.25, 0.3) is 5.56 Å². The van der Waals surface area contributed by atoms with E-state index in [0.29, 0.717) is 47.2 Å². The van der Waals surface area contributed by atoms with Crippen LogP contribution in [0.25, 0.3) is 10.9 Å². The summed E-state index contributed by atoms with van der Waals surface area (Å²) in [5, 5.41) is 3.87. The van der Waals surface area contributed by atoms with Gasteiger partial charge in [-0.05, 0) is 50.3 Å². The summed E-state index contributed by atoms with van der Waals surface area (Å²) < 4.78 is 47.3. The van der Waals surface area contributed by atoms with Crippen molar-refractivity contribution in [2.75, 3.05) is 18.5 Å².